The molecular formula is C15H15ClN2O. The average Bonchev–Trinajstić information content (AvgIpc) is 2.39. The Kier molecular flexibility index (Phi) is 4.42. The first-order chi connectivity index (χ1) is 9.13. The van der Waals surface area contributed by atoms with Crippen molar-refractivity contribution >= 4 is 23.2 Å². The molecule has 0 unspecified atom stereocenters. The maximum absolute atomic E-state index is 11.8. The normalized spacial score (nSPS) is 10.2. The van der Waals surface area contributed by atoms with E-state index in [1.807, 2.05) is 36.4 Å². The molecule has 0 saturated carbocycles. The molecular weight excluding hydrogens is 260 g/mol. The van der Waals surface area contributed by atoms with Crippen molar-refractivity contribution in [3.8, 4) is 0 Å². The summed E-state index contributed by atoms with van der Waals surface area (Å²) in [6.45, 7) is 0.484. The molecule has 98 valence electrons. The molecule has 0 spiro atoms. The van der Waals surface area contributed by atoms with Crippen molar-refractivity contribution in [2.45, 2.75) is 13.0 Å². The third-order valence-electron chi connectivity index (χ3n) is 2.72. The lowest BCUT2D eigenvalue weighted by Gasteiger charge is -2.06. The summed E-state index contributed by atoms with van der Waals surface area (Å²) in [7, 11) is 0. The number of halogens is 1. The van der Waals surface area contributed by atoms with Crippen LogP contribution in [0.4, 0.5) is 5.69 Å². The van der Waals surface area contributed by atoms with Crippen LogP contribution in [0.5, 0.6) is 0 Å². The van der Waals surface area contributed by atoms with E-state index in [4.69, 9.17) is 17.3 Å². The van der Waals surface area contributed by atoms with Crippen LogP contribution in [0.15, 0.2) is 48.5 Å². The molecule has 0 bridgehead atoms. The molecule has 2 aromatic carbocycles. The maximum atomic E-state index is 11.8. The van der Waals surface area contributed by atoms with Gasteiger partial charge >= 0.3 is 0 Å². The van der Waals surface area contributed by atoms with E-state index >= 15 is 0 Å². The first-order valence-corrected chi connectivity index (χ1v) is 6.37. The average molecular weight is 275 g/mol. The molecule has 0 aliphatic carbocycles. The van der Waals surface area contributed by atoms with E-state index in [-0.39, 0.29) is 5.91 Å². The Morgan fingerprint density at radius 3 is 2.53 bits per heavy atom. The van der Waals surface area contributed by atoms with Crippen molar-refractivity contribution < 1.29 is 4.79 Å². The first kappa shape index (κ1) is 13.4. The molecule has 0 atom stereocenters. The van der Waals surface area contributed by atoms with Gasteiger partial charge in [0.1, 0.15) is 0 Å². The zero-order valence-corrected chi connectivity index (χ0v) is 11.2. The van der Waals surface area contributed by atoms with Crippen molar-refractivity contribution in [3.63, 3.8) is 0 Å². The lowest BCUT2D eigenvalue weighted by Crippen LogP contribution is -2.24. The van der Waals surface area contributed by atoms with Gasteiger partial charge in [-0.2, -0.15) is 0 Å². The molecule has 4 heteroatoms. The Hall–Kier alpha value is -2.00. The fourth-order valence-corrected chi connectivity index (χ4v) is 1.88. The number of hydrogen-bond donors (Lipinski definition) is 2. The van der Waals surface area contributed by atoms with E-state index in [1.165, 1.54) is 0 Å². The lowest BCUT2D eigenvalue weighted by atomic mass is 10.1. The van der Waals surface area contributed by atoms with Crippen LogP contribution in [0, 0.1) is 0 Å². The van der Waals surface area contributed by atoms with Crippen LogP contribution in [0.25, 0.3) is 0 Å². The lowest BCUT2D eigenvalue weighted by molar-refractivity contribution is -0.120. The highest BCUT2D eigenvalue weighted by molar-refractivity contribution is 6.30. The molecule has 19 heavy (non-hydrogen) atoms. The number of hydrogen-bond acceptors (Lipinski definition) is 2. The highest BCUT2D eigenvalue weighted by atomic mass is 35.5. The molecule has 0 fully saturated rings. The molecule has 2 aromatic rings. The smallest absolute Gasteiger partial charge is 0.224 e. The maximum Gasteiger partial charge on any atom is 0.224 e. The predicted octanol–water partition coefficient (Wildman–Crippen LogP) is 2.78. The van der Waals surface area contributed by atoms with E-state index in [2.05, 4.69) is 5.32 Å². The van der Waals surface area contributed by atoms with Crippen LogP contribution in [0.1, 0.15) is 11.1 Å². The molecule has 3 N–H and O–H groups in total. The zero-order chi connectivity index (χ0) is 13.7. The summed E-state index contributed by atoms with van der Waals surface area (Å²) in [5, 5.41) is 3.53. The van der Waals surface area contributed by atoms with Gasteiger partial charge in [-0.25, -0.2) is 0 Å². The zero-order valence-electron chi connectivity index (χ0n) is 10.4. The molecule has 0 radical (unpaired) electrons. The van der Waals surface area contributed by atoms with Crippen molar-refractivity contribution in [1.82, 2.24) is 5.32 Å². The van der Waals surface area contributed by atoms with Gasteiger partial charge < -0.3 is 11.1 Å². The van der Waals surface area contributed by atoms with E-state index < -0.39 is 0 Å². The number of carbonyl (C=O) groups excluding carboxylic acids is 1. The number of nitrogens with one attached hydrogen (secondary N) is 1. The van der Waals surface area contributed by atoms with E-state index in [1.54, 1.807) is 12.1 Å². The summed E-state index contributed by atoms with van der Waals surface area (Å²) in [5.74, 6) is -0.0234. The summed E-state index contributed by atoms with van der Waals surface area (Å²) in [6.07, 6.45) is 0.347. The summed E-state index contributed by atoms with van der Waals surface area (Å²) in [5.41, 5.74) is 8.31. The fraction of sp³-hybridized carbons (Fsp3) is 0.133. The van der Waals surface area contributed by atoms with Gasteiger partial charge in [0, 0.05) is 17.3 Å². The second-order valence-electron chi connectivity index (χ2n) is 4.33. The van der Waals surface area contributed by atoms with E-state index in [9.17, 15) is 4.79 Å². The number of nitrogens with two attached hydrogens (primary N) is 1. The Bertz CT molecular complexity index is 567. The number of rotatable bonds is 4. The number of carbonyl (C=O) groups is 1. The Morgan fingerprint density at radius 2 is 1.84 bits per heavy atom. The van der Waals surface area contributed by atoms with E-state index in [0.29, 0.717) is 23.7 Å². The fourth-order valence-electron chi connectivity index (χ4n) is 1.75. The molecule has 0 saturated heterocycles. The topological polar surface area (TPSA) is 55.1 Å². The van der Waals surface area contributed by atoms with Crippen LogP contribution >= 0.6 is 11.6 Å². The molecule has 0 aliphatic rings. The number of benzene rings is 2. The van der Waals surface area contributed by atoms with Crippen LogP contribution in [-0.4, -0.2) is 5.91 Å². The first-order valence-electron chi connectivity index (χ1n) is 5.99. The third-order valence-corrected chi connectivity index (χ3v) is 2.97. The van der Waals surface area contributed by atoms with E-state index in [0.717, 1.165) is 11.1 Å². The van der Waals surface area contributed by atoms with Gasteiger partial charge in [-0.15, -0.1) is 0 Å². The van der Waals surface area contributed by atoms with Gasteiger partial charge in [0.05, 0.1) is 6.42 Å². The van der Waals surface area contributed by atoms with Crippen molar-refractivity contribution in [3.05, 3.63) is 64.7 Å². The Morgan fingerprint density at radius 1 is 1.11 bits per heavy atom. The summed E-state index contributed by atoms with van der Waals surface area (Å²) < 4.78 is 0. The second-order valence-corrected chi connectivity index (χ2v) is 4.76. The molecule has 0 heterocycles. The predicted molar refractivity (Wildman–Crippen MR) is 77.9 cm³/mol. The minimum atomic E-state index is -0.0234. The van der Waals surface area contributed by atoms with Gasteiger partial charge in [-0.1, -0.05) is 35.9 Å². The Balaban J connectivity index is 1.86. The highest BCUT2D eigenvalue weighted by Gasteiger charge is 2.03. The molecule has 1 amide bonds. The van der Waals surface area contributed by atoms with Crippen molar-refractivity contribution in [2.24, 2.45) is 0 Å². The SMILES string of the molecule is Nc1cccc(CNC(=O)Cc2ccc(Cl)cc2)c1. The van der Waals surface area contributed by atoms with Crippen molar-refractivity contribution in [2.75, 3.05) is 5.73 Å². The number of amides is 1. The summed E-state index contributed by atoms with van der Waals surface area (Å²) in [6, 6.07) is 14.7. The largest absolute Gasteiger partial charge is 0.399 e. The highest BCUT2D eigenvalue weighted by Crippen LogP contribution is 2.10. The minimum Gasteiger partial charge on any atom is -0.399 e. The Labute approximate surface area is 117 Å². The van der Waals surface area contributed by atoms with Gasteiger partial charge in [0.15, 0.2) is 0 Å². The second kappa shape index (κ2) is 6.25. The minimum absolute atomic E-state index is 0.0234. The monoisotopic (exact) mass is 274 g/mol. The number of anilines is 1. The molecule has 2 rings (SSSR count). The molecule has 3 nitrogen and oxygen atoms in total. The van der Waals surface area contributed by atoms with Crippen LogP contribution in [0.3, 0.4) is 0 Å². The van der Waals surface area contributed by atoms with Crippen molar-refractivity contribution in [1.29, 1.82) is 0 Å². The van der Waals surface area contributed by atoms with Crippen LogP contribution in [-0.2, 0) is 17.8 Å². The third kappa shape index (κ3) is 4.30. The summed E-state index contributed by atoms with van der Waals surface area (Å²) >= 11 is 5.79. The van der Waals surface area contributed by atoms with Gasteiger partial charge in [0.25, 0.3) is 0 Å². The standard InChI is InChI=1S/C15H15ClN2O/c16-13-6-4-11(5-7-13)9-15(19)18-10-12-2-1-3-14(17)8-12/h1-8H,9-10,17H2,(H,18,19). The van der Waals surface area contributed by atoms with Gasteiger partial charge in [0.2, 0.25) is 5.91 Å². The van der Waals surface area contributed by atoms with Crippen LogP contribution in [0.2, 0.25) is 5.02 Å². The van der Waals surface area contributed by atoms with Gasteiger partial charge in [-0.3, -0.25) is 4.79 Å². The molecule has 0 aromatic heterocycles. The van der Waals surface area contributed by atoms with Gasteiger partial charge in [-0.05, 0) is 35.4 Å². The summed E-state index contributed by atoms with van der Waals surface area (Å²) in [4.78, 5) is 11.8. The quantitative estimate of drug-likeness (QED) is 0.843. The molecule has 0 aliphatic heterocycles. The number of nitrogen functional groups attached to an aromatic ring is 1. The van der Waals surface area contributed by atoms with Crippen LogP contribution < -0.4 is 11.1 Å².